The average Bonchev–Trinajstić information content (AvgIpc) is 3.06. The molecule has 1 amide bonds. The van der Waals surface area contributed by atoms with Gasteiger partial charge in [-0.25, -0.2) is 9.78 Å². The molecule has 0 aliphatic heterocycles. The van der Waals surface area contributed by atoms with Gasteiger partial charge in [-0.15, -0.1) is 11.3 Å². The highest BCUT2D eigenvalue weighted by Crippen LogP contribution is 2.39. The SMILES string of the molecule is CCOC(=O)c1c(NC(=O)C(C)Sc2ncc(C(F)(F)F)cc2Cl)sc2c1CCCC2. The van der Waals surface area contributed by atoms with Crippen LogP contribution in [0.5, 0.6) is 0 Å². The van der Waals surface area contributed by atoms with Crippen LogP contribution in [0.3, 0.4) is 0 Å². The number of halogens is 4. The third-order valence-corrected chi connectivity index (χ3v) is 7.40. The molecule has 0 fully saturated rings. The molecule has 0 bridgehead atoms. The van der Waals surface area contributed by atoms with E-state index in [1.165, 1.54) is 11.3 Å². The largest absolute Gasteiger partial charge is 0.462 e. The van der Waals surface area contributed by atoms with E-state index in [4.69, 9.17) is 16.3 Å². The number of esters is 1. The normalized spacial score (nSPS) is 14.6. The second-order valence-electron chi connectivity index (χ2n) is 6.89. The second kappa shape index (κ2) is 9.79. The number of thioether (sulfide) groups is 1. The van der Waals surface area contributed by atoms with Crippen LogP contribution in [-0.2, 0) is 28.5 Å². The van der Waals surface area contributed by atoms with E-state index in [0.717, 1.165) is 54.0 Å². The van der Waals surface area contributed by atoms with E-state index in [1.54, 1.807) is 13.8 Å². The Kier molecular flexibility index (Phi) is 7.54. The average molecular weight is 493 g/mol. The van der Waals surface area contributed by atoms with Crippen molar-refractivity contribution in [2.45, 2.75) is 56.0 Å². The smallest absolute Gasteiger partial charge is 0.417 e. The van der Waals surface area contributed by atoms with Gasteiger partial charge in [-0.3, -0.25) is 4.79 Å². The van der Waals surface area contributed by atoms with Crippen LogP contribution in [0.4, 0.5) is 18.2 Å². The molecule has 0 spiro atoms. The summed E-state index contributed by atoms with van der Waals surface area (Å²) in [6.45, 7) is 3.53. The number of anilines is 1. The van der Waals surface area contributed by atoms with Crippen molar-refractivity contribution >= 4 is 51.6 Å². The van der Waals surface area contributed by atoms with Crippen LogP contribution in [-0.4, -0.2) is 28.7 Å². The molecule has 5 nitrogen and oxygen atoms in total. The number of nitrogens with one attached hydrogen (secondary N) is 1. The standard InChI is InChI=1S/C20H20ClF3N2O3S2/c1-3-29-19(28)15-12-6-4-5-7-14(12)31-18(15)26-16(27)10(2)30-17-13(21)8-11(9-25-17)20(22,23)24/h8-10H,3-7H2,1-2H3,(H,26,27). The zero-order valence-corrected chi connectivity index (χ0v) is 19.2. The predicted molar refractivity (Wildman–Crippen MR) is 115 cm³/mol. The lowest BCUT2D eigenvalue weighted by atomic mass is 9.95. The first-order valence-electron chi connectivity index (χ1n) is 9.63. The lowest BCUT2D eigenvalue weighted by Gasteiger charge is -2.14. The van der Waals surface area contributed by atoms with Gasteiger partial charge < -0.3 is 10.1 Å². The van der Waals surface area contributed by atoms with Crippen LogP contribution in [0, 0.1) is 0 Å². The zero-order valence-electron chi connectivity index (χ0n) is 16.8. The van der Waals surface area contributed by atoms with Gasteiger partial charge in [-0.1, -0.05) is 23.4 Å². The Hall–Kier alpha value is -1.78. The quantitative estimate of drug-likeness (QED) is 0.396. The van der Waals surface area contributed by atoms with Crippen molar-refractivity contribution < 1.29 is 27.5 Å². The summed E-state index contributed by atoms with van der Waals surface area (Å²) in [6, 6.07) is 0.785. The Morgan fingerprint density at radius 1 is 1.35 bits per heavy atom. The van der Waals surface area contributed by atoms with Crippen LogP contribution in [0.2, 0.25) is 5.02 Å². The van der Waals surface area contributed by atoms with Crippen molar-refractivity contribution in [3.63, 3.8) is 0 Å². The van der Waals surface area contributed by atoms with E-state index in [0.29, 0.717) is 16.8 Å². The van der Waals surface area contributed by atoms with Crippen LogP contribution in [0.25, 0.3) is 0 Å². The molecule has 1 aliphatic carbocycles. The van der Waals surface area contributed by atoms with Crippen molar-refractivity contribution in [2.75, 3.05) is 11.9 Å². The Labute approximate surface area is 190 Å². The fraction of sp³-hybridized carbons (Fsp3) is 0.450. The number of aromatic nitrogens is 1. The molecule has 0 saturated heterocycles. The monoisotopic (exact) mass is 492 g/mol. The van der Waals surface area contributed by atoms with Gasteiger partial charge >= 0.3 is 12.1 Å². The molecule has 1 unspecified atom stereocenters. The van der Waals surface area contributed by atoms with E-state index in [1.807, 2.05) is 0 Å². The highest BCUT2D eigenvalue weighted by molar-refractivity contribution is 8.00. The molecule has 3 rings (SSSR count). The number of fused-ring (bicyclic) bond motifs is 1. The van der Waals surface area contributed by atoms with Gasteiger partial charge in [0.05, 0.1) is 28.0 Å². The van der Waals surface area contributed by atoms with Gasteiger partial charge in [0, 0.05) is 11.1 Å². The Morgan fingerprint density at radius 2 is 2.06 bits per heavy atom. The number of amides is 1. The minimum atomic E-state index is -4.55. The minimum Gasteiger partial charge on any atom is -0.462 e. The summed E-state index contributed by atoms with van der Waals surface area (Å²) in [5.41, 5.74) is 0.373. The molecule has 2 heterocycles. The number of aryl methyl sites for hydroxylation is 1. The number of hydrogen-bond donors (Lipinski definition) is 1. The molecule has 2 aromatic heterocycles. The van der Waals surface area contributed by atoms with Crippen molar-refractivity contribution in [2.24, 2.45) is 0 Å². The number of carbonyl (C=O) groups is 2. The van der Waals surface area contributed by atoms with E-state index in [2.05, 4.69) is 10.3 Å². The van der Waals surface area contributed by atoms with Crippen molar-refractivity contribution in [3.05, 3.63) is 38.9 Å². The van der Waals surface area contributed by atoms with Gasteiger partial charge in [0.25, 0.3) is 0 Å². The first-order chi connectivity index (χ1) is 14.6. The second-order valence-corrected chi connectivity index (χ2v) is 9.74. The summed E-state index contributed by atoms with van der Waals surface area (Å²) >= 11 is 8.25. The number of alkyl halides is 3. The summed E-state index contributed by atoms with van der Waals surface area (Å²) < 4.78 is 43.5. The Balaban J connectivity index is 1.77. The molecule has 31 heavy (non-hydrogen) atoms. The molecular weight excluding hydrogens is 473 g/mol. The fourth-order valence-corrected chi connectivity index (χ4v) is 5.54. The molecule has 2 aromatic rings. The third-order valence-electron chi connectivity index (χ3n) is 4.68. The van der Waals surface area contributed by atoms with E-state index < -0.39 is 28.9 Å². The summed E-state index contributed by atoms with van der Waals surface area (Å²) in [7, 11) is 0. The van der Waals surface area contributed by atoms with Crippen molar-refractivity contribution in [3.8, 4) is 0 Å². The Morgan fingerprint density at radius 3 is 2.71 bits per heavy atom. The van der Waals surface area contributed by atoms with Gasteiger partial charge in [0.1, 0.15) is 10.0 Å². The van der Waals surface area contributed by atoms with Gasteiger partial charge in [0.15, 0.2) is 0 Å². The molecular formula is C20H20ClF3N2O3S2. The van der Waals surface area contributed by atoms with E-state index in [-0.39, 0.29) is 16.7 Å². The number of nitrogens with zero attached hydrogens (tertiary/aromatic N) is 1. The maximum Gasteiger partial charge on any atom is 0.417 e. The maximum atomic E-state index is 12.8. The van der Waals surface area contributed by atoms with Crippen molar-refractivity contribution in [1.29, 1.82) is 0 Å². The molecule has 0 radical (unpaired) electrons. The number of thiophene rings is 1. The molecule has 0 saturated carbocycles. The Bertz CT molecular complexity index is 995. The minimum absolute atomic E-state index is 0.119. The number of hydrogen-bond acceptors (Lipinski definition) is 6. The summed E-state index contributed by atoms with van der Waals surface area (Å²) in [4.78, 5) is 30.1. The van der Waals surface area contributed by atoms with Crippen molar-refractivity contribution in [1.82, 2.24) is 4.98 Å². The summed E-state index contributed by atoms with van der Waals surface area (Å²) in [5.74, 6) is -0.878. The molecule has 1 N–H and O–H groups in total. The summed E-state index contributed by atoms with van der Waals surface area (Å²) in [5, 5.41) is 2.45. The number of pyridine rings is 1. The summed E-state index contributed by atoms with van der Waals surface area (Å²) in [6.07, 6.45) is -0.278. The van der Waals surface area contributed by atoms with E-state index >= 15 is 0 Å². The molecule has 0 aromatic carbocycles. The zero-order chi connectivity index (χ0) is 22.8. The maximum absolute atomic E-state index is 12.8. The molecule has 168 valence electrons. The van der Waals surface area contributed by atoms with E-state index in [9.17, 15) is 22.8 Å². The topological polar surface area (TPSA) is 68.3 Å². The van der Waals surface area contributed by atoms with Crippen LogP contribution >= 0.6 is 34.7 Å². The lowest BCUT2D eigenvalue weighted by Crippen LogP contribution is -2.23. The first-order valence-corrected chi connectivity index (χ1v) is 11.7. The molecule has 1 atom stereocenters. The van der Waals surface area contributed by atoms with Crippen LogP contribution in [0.1, 0.15) is 53.1 Å². The molecule has 1 aliphatic rings. The number of carbonyl (C=O) groups excluding carboxylic acids is 2. The lowest BCUT2D eigenvalue weighted by molar-refractivity contribution is -0.137. The van der Waals surface area contributed by atoms with Crippen LogP contribution < -0.4 is 5.32 Å². The number of rotatable bonds is 6. The van der Waals surface area contributed by atoms with Gasteiger partial charge in [0.2, 0.25) is 5.91 Å². The van der Waals surface area contributed by atoms with Gasteiger partial charge in [-0.2, -0.15) is 13.2 Å². The highest BCUT2D eigenvalue weighted by Gasteiger charge is 2.32. The molecule has 11 heteroatoms. The first kappa shape index (κ1) is 23.9. The number of ether oxygens (including phenoxy) is 1. The van der Waals surface area contributed by atoms with Crippen LogP contribution in [0.15, 0.2) is 17.3 Å². The predicted octanol–water partition coefficient (Wildman–Crippen LogP) is 5.99. The third kappa shape index (κ3) is 5.53. The van der Waals surface area contributed by atoms with Gasteiger partial charge in [-0.05, 0) is 51.2 Å². The highest BCUT2D eigenvalue weighted by atomic mass is 35.5. The fourth-order valence-electron chi connectivity index (χ4n) is 3.17.